The zero-order valence-electron chi connectivity index (χ0n) is 17.9. The van der Waals surface area contributed by atoms with Crippen molar-refractivity contribution in [2.24, 2.45) is 0 Å². The SMILES string of the molecule is CCOc1cc2c(cc1CNC(=O)CN1CCN(c3ccccc3)CC1)O[C@@H](C)C2. The van der Waals surface area contributed by atoms with E-state index in [1.165, 1.54) is 11.3 Å². The predicted molar refractivity (Wildman–Crippen MR) is 118 cm³/mol. The first-order valence-electron chi connectivity index (χ1n) is 10.9. The summed E-state index contributed by atoms with van der Waals surface area (Å²) in [6.07, 6.45) is 1.09. The van der Waals surface area contributed by atoms with Crippen LogP contribution in [0.3, 0.4) is 0 Å². The van der Waals surface area contributed by atoms with Gasteiger partial charge in [-0.05, 0) is 38.1 Å². The van der Waals surface area contributed by atoms with Crippen molar-refractivity contribution in [3.8, 4) is 11.5 Å². The average Bonchev–Trinajstić information content (AvgIpc) is 3.12. The molecule has 2 aliphatic heterocycles. The second-order valence-electron chi connectivity index (χ2n) is 8.01. The molecule has 6 nitrogen and oxygen atoms in total. The first-order chi connectivity index (χ1) is 14.6. The number of anilines is 1. The van der Waals surface area contributed by atoms with Crippen molar-refractivity contribution in [2.45, 2.75) is 32.9 Å². The molecule has 0 aliphatic carbocycles. The van der Waals surface area contributed by atoms with Crippen molar-refractivity contribution in [1.82, 2.24) is 10.2 Å². The largest absolute Gasteiger partial charge is 0.494 e. The zero-order chi connectivity index (χ0) is 20.9. The van der Waals surface area contributed by atoms with Crippen molar-refractivity contribution in [3.63, 3.8) is 0 Å². The van der Waals surface area contributed by atoms with E-state index in [9.17, 15) is 4.79 Å². The Morgan fingerprint density at radius 2 is 1.93 bits per heavy atom. The van der Waals surface area contributed by atoms with Gasteiger partial charge in [-0.25, -0.2) is 0 Å². The van der Waals surface area contributed by atoms with Gasteiger partial charge in [0.15, 0.2) is 0 Å². The average molecular weight is 410 g/mol. The molecule has 0 aromatic heterocycles. The molecule has 0 spiro atoms. The van der Waals surface area contributed by atoms with Crippen molar-refractivity contribution in [3.05, 3.63) is 53.6 Å². The monoisotopic (exact) mass is 409 g/mol. The number of para-hydroxylation sites is 1. The molecule has 1 fully saturated rings. The number of amides is 1. The molecule has 30 heavy (non-hydrogen) atoms. The van der Waals surface area contributed by atoms with Gasteiger partial charge in [0.2, 0.25) is 5.91 Å². The number of carbonyl (C=O) groups is 1. The minimum atomic E-state index is 0.0420. The summed E-state index contributed by atoms with van der Waals surface area (Å²) in [7, 11) is 0. The number of nitrogens with zero attached hydrogens (tertiary/aromatic N) is 2. The van der Waals surface area contributed by atoms with Crippen LogP contribution in [0.1, 0.15) is 25.0 Å². The van der Waals surface area contributed by atoms with E-state index < -0.39 is 0 Å². The van der Waals surface area contributed by atoms with Crippen LogP contribution in [0.15, 0.2) is 42.5 Å². The molecule has 0 bridgehead atoms. The molecule has 2 aromatic rings. The summed E-state index contributed by atoms with van der Waals surface area (Å²) in [5.74, 6) is 1.79. The quantitative estimate of drug-likeness (QED) is 0.762. The number of benzene rings is 2. The van der Waals surface area contributed by atoms with Crippen LogP contribution in [0.2, 0.25) is 0 Å². The number of carbonyl (C=O) groups excluding carboxylic acids is 1. The van der Waals surface area contributed by atoms with Gasteiger partial charge in [0.25, 0.3) is 0 Å². The summed E-state index contributed by atoms with van der Waals surface area (Å²) in [4.78, 5) is 17.1. The summed E-state index contributed by atoms with van der Waals surface area (Å²) in [5.41, 5.74) is 3.39. The van der Waals surface area contributed by atoms with Crippen LogP contribution in [-0.4, -0.2) is 56.2 Å². The number of hydrogen-bond donors (Lipinski definition) is 1. The molecule has 160 valence electrons. The highest BCUT2D eigenvalue weighted by Crippen LogP contribution is 2.35. The van der Waals surface area contributed by atoms with E-state index in [1.54, 1.807) is 0 Å². The fraction of sp³-hybridized carbons (Fsp3) is 0.458. The Morgan fingerprint density at radius 1 is 1.17 bits per heavy atom. The maximum atomic E-state index is 12.6. The normalized spacial score (nSPS) is 18.6. The Morgan fingerprint density at radius 3 is 2.67 bits per heavy atom. The third kappa shape index (κ3) is 4.87. The molecule has 1 atom stereocenters. The molecule has 2 aromatic carbocycles. The molecule has 0 unspecified atom stereocenters. The lowest BCUT2D eigenvalue weighted by Gasteiger charge is -2.35. The second-order valence-corrected chi connectivity index (χ2v) is 8.01. The summed E-state index contributed by atoms with van der Waals surface area (Å²) >= 11 is 0. The Labute approximate surface area is 178 Å². The standard InChI is InChI=1S/C24H31N3O3/c1-3-29-22-14-19-13-18(2)30-23(19)15-20(22)16-25-24(28)17-26-9-11-27(12-10-26)21-7-5-4-6-8-21/h4-8,14-15,18H,3,9-13,16-17H2,1-2H3,(H,25,28)/t18-/m0/s1. The van der Waals surface area contributed by atoms with Crippen LogP contribution in [0, 0.1) is 0 Å². The molecule has 1 saturated heterocycles. The van der Waals surface area contributed by atoms with E-state index in [1.807, 2.05) is 19.1 Å². The van der Waals surface area contributed by atoms with Gasteiger partial charge in [-0.15, -0.1) is 0 Å². The first-order valence-corrected chi connectivity index (χ1v) is 10.9. The number of ether oxygens (including phenoxy) is 2. The van der Waals surface area contributed by atoms with Gasteiger partial charge in [0, 0.05) is 56.0 Å². The summed E-state index contributed by atoms with van der Waals surface area (Å²) < 4.78 is 11.7. The van der Waals surface area contributed by atoms with Gasteiger partial charge in [-0.3, -0.25) is 9.69 Å². The predicted octanol–water partition coefficient (Wildman–Crippen LogP) is 2.85. The lowest BCUT2D eigenvalue weighted by atomic mass is 10.1. The Kier molecular flexibility index (Phi) is 6.43. The van der Waals surface area contributed by atoms with Crippen LogP contribution in [0.4, 0.5) is 5.69 Å². The molecule has 1 N–H and O–H groups in total. The third-order valence-corrected chi connectivity index (χ3v) is 5.72. The van der Waals surface area contributed by atoms with Crippen molar-refractivity contribution in [2.75, 3.05) is 44.2 Å². The Bertz CT molecular complexity index is 863. The van der Waals surface area contributed by atoms with E-state index in [4.69, 9.17) is 9.47 Å². The molecule has 4 rings (SSSR count). The highest BCUT2D eigenvalue weighted by Gasteiger charge is 2.23. The molecular weight excluding hydrogens is 378 g/mol. The van der Waals surface area contributed by atoms with Gasteiger partial charge in [0.05, 0.1) is 13.2 Å². The van der Waals surface area contributed by atoms with Crippen molar-refractivity contribution in [1.29, 1.82) is 0 Å². The van der Waals surface area contributed by atoms with E-state index in [0.717, 1.165) is 49.7 Å². The summed E-state index contributed by atoms with van der Waals surface area (Å²) in [6, 6.07) is 14.5. The van der Waals surface area contributed by atoms with Gasteiger partial charge in [-0.2, -0.15) is 0 Å². The third-order valence-electron chi connectivity index (χ3n) is 5.72. The second kappa shape index (κ2) is 9.39. The fourth-order valence-electron chi connectivity index (χ4n) is 4.17. The van der Waals surface area contributed by atoms with Gasteiger partial charge < -0.3 is 19.7 Å². The molecule has 2 heterocycles. The van der Waals surface area contributed by atoms with Crippen LogP contribution < -0.4 is 19.7 Å². The van der Waals surface area contributed by atoms with Crippen LogP contribution in [0.25, 0.3) is 0 Å². The molecule has 0 radical (unpaired) electrons. The van der Waals surface area contributed by atoms with E-state index in [0.29, 0.717) is 19.7 Å². The number of rotatable bonds is 7. The van der Waals surface area contributed by atoms with Crippen LogP contribution >= 0.6 is 0 Å². The van der Waals surface area contributed by atoms with Gasteiger partial charge in [-0.1, -0.05) is 18.2 Å². The van der Waals surface area contributed by atoms with Gasteiger partial charge in [0.1, 0.15) is 17.6 Å². The maximum absolute atomic E-state index is 12.6. The molecular formula is C24H31N3O3. The van der Waals surface area contributed by atoms with E-state index >= 15 is 0 Å². The molecule has 0 saturated carbocycles. The van der Waals surface area contributed by atoms with Crippen LogP contribution in [-0.2, 0) is 17.8 Å². The number of piperazine rings is 1. The fourth-order valence-corrected chi connectivity index (χ4v) is 4.17. The lowest BCUT2D eigenvalue weighted by Crippen LogP contribution is -2.49. The summed E-state index contributed by atoms with van der Waals surface area (Å²) in [6.45, 7) is 9.16. The van der Waals surface area contributed by atoms with Gasteiger partial charge >= 0.3 is 0 Å². The smallest absolute Gasteiger partial charge is 0.234 e. The highest BCUT2D eigenvalue weighted by molar-refractivity contribution is 5.78. The Hall–Kier alpha value is -2.73. The number of fused-ring (bicyclic) bond motifs is 1. The minimum Gasteiger partial charge on any atom is -0.494 e. The number of hydrogen-bond acceptors (Lipinski definition) is 5. The molecule has 2 aliphatic rings. The molecule has 6 heteroatoms. The van der Waals surface area contributed by atoms with Crippen molar-refractivity contribution < 1.29 is 14.3 Å². The molecule has 1 amide bonds. The Balaban J connectivity index is 1.29. The summed E-state index contributed by atoms with van der Waals surface area (Å²) in [5, 5.41) is 3.06. The zero-order valence-corrected chi connectivity index (χ0v) is 17.9. The van der Waals surface area contributed by atoms with E-state index in [2.05, 4.69) is 52.4 Å². The van der Waals surface area contributed by atoms with E-state index in [-0.39, 0.29) is 12.0 Å². The first kappa shape index (κ1) is 20.5. The number of nitrogens with one attached hydrogen (secondary N) is 1. The highest BCUT2D eigenvalue weighted by atomic mass is 16.5. The maximum Gasteiger partial charge on any atom is 0.234 e. The van der Waals surface area contributed by atoms with Crippen LogP contribution in [0.5, 0.6) is 11.5 Å². The van der Waals surface area contributed by atoms with Crippen molar-refractivity contribution >= 4 is 11.6 Å². The minimum absolute atomic E-state index is 0.0420. The topological polar surface area (TPSA) is 54.0 Å². The lowest BCUT2D eigenvalue weighted by molar-refractivity contribution is -0.122.